The number of amides is 1. The average Bonchev–Trinajstić information content (AvgIpc) is 2.93. The van der Waals surface area contributed by atoms with Gasteiger partial charge in [0.1, 0.15) is 0 Å². The van der Waals surface area contributed by atoms with E-state index >= 15 is 0 Å². The van der Waals surface area contributed by atoms with Crippen molar-refractivity contribution < 1.29 is 4.79 Å². The molecule has 1 fully saturated rings. The molecule has 1 heterocycles. The third kappa shape index (κ3) is 1.77. The largest absolute Gasteiger partial charge is 0.312 e. The molecule has 1 aliphatic carbocycles. The lowest BCUT2D eigenvalue weighted by Gasteiger charge is -2.16. The molecule has 1 saturated carbocycles. The lowest BCUT2D eigenvalue weighted by atomic mass is 10.2. The van der Waals surface area contributed by atoms with E-state index in [1.807, 2.05) is 4.90 Å². The number of hydrogen-bond donors (Lipinski definition) is 0. The van der Waals surface area contributed by atoms with E-state index in [1.54, 1.807) is 0 Å². The van der Waals surface area contributed by atoms with Crippen LogP contribution in [-0.2, 0) is 11.2 Å². The van der Waals surface area contributed by atoms with Crippen LogP contribution in [0.5, 0.6) is 0 Å². The van der Waals surface area contributed by atoms with Gasteiger partial charge in [-0.3, -0.25) is 4.79 Å². The van der Waals surface area contributed by atoms with Gasteiger partial charge in [-0.2, -0.15) is 0 Å². The molecule has 0 spiro atoms. The first-order valence-corrected chi connectivity index (χ1v) is 6.41. The Morgan fingerprint density at radius 2 is 2.20 bits per heavy atom. The lowest BCUT2D eigenvalue weighted by molar-refractivity contribution is -0.117. The van der Waals surface area contributed by atoms with E-state index in [4.69, 9.17) is 0 Å². The molecule has 0 radical (unpaired) electrons. The Balaban J connectivity index is 1.93. The predicted molar refractivity (Wildman–Crippen MR) is 67.9 cm³/mol. The van der Waals surface area contributed by atoms with Crippen LogP contribution in [0.15, 0.2) is 18.2 Å². The number of anilines is 1. The quantitative estimate of drug-likeness (QED) is 0.769. The minimum atomic E-state index is 0.277. The topological polar surface area (TPSA) is 20.3 Å². The normalized spacial score (nSPS) is 19.5. The first-order chi connectivity index (χ1) is 7.24. The summed E-state index contributed by atoms with van der Waals surface area (Å²) >= 11 is 2.30. The molecule has 15 heavy (non-hydrogen) atoms. The first kappa shape index (κ1) is 9.63. The molecule has 1 aromatic rings. The van der Waals surface area contributed by atoms with Crippen molar-refractivity contribution in [3.63, 3.8) is 0 Å². The molecule has 0 saturated heterocycles. The highest BCUT2D eigenvalue weighted by Gasteiger charge is 2.32. The number of carbonyl (C=O) groups excluding carboxylic acids is 1. The summed E-state index contributed by atoms with van der Waals surface area (Å²) in [6.07, 6.45) is 3.19. The van der Waals surface area contributed by atoms with Gasteiger partial charge in [-0.15, -0.1) is 0 Å². The molecule has 2 aliphatic rings. The summed E-state index contributed by atoms with van der Waals surface area (Å²) in [5.41, 5.74) is 2.35. The number of fused-ring (bicyclic) bond motifs is 1. The standard InChI is InChI=1S/C12H12INO/c13-10-3-4-11-9(5-10)6-12(15)14(11)7-8-1-2-8/h3-5,8H,1-2,6-7H2. The molecule has 1 aliphatic heterocycles. The minimum absolute atomic E-state index is 0.277. The van der Waals surface area contributed by atoms with Crippen molar-refractivity contribution in [1.29, 1.82) is 0 Å². The van der Waals surface area contributed by atoms with E-state index in [1.165, 1.54) is 22.0 Å². The van der Waals surface area contributed by atoms with E-state index in [0.717, 1.165) is 18.2 Å². The van der Waals surface area contributed by atoms with Gasteiger partial charge in [0.2, 0.25) is 5.91 Å². The van der Waals surface area contributed by atoms with Crippen molar-refractivity contribution in [3.8, 4) is 0 Å². The second kappa shape index (κ2) is 3.47. The zero-order valence-corrected chi connectivity index (χ0v) is 10.5. The van der Waals surface area contributed by atoms with Crippen LogP contribution in [0.1, 0.15) is 18.4 Å². The van der Waals surface area contributed by atoms with Gasteiger partial charge in [-0.1, -0.05) is 0 Å². The van der Waals surface area contributed by atoms with Gasteiger partial charge in [-0.05, 0) is 65.1 Å². The number of halogens is 1. The van der Waals surface area contributed by atoms with Crippen LogP contribution in [0.25, 0.3) is 0 Å². The monoisotopic (exact) mass is 313 g/mol. The van der Waals surface area contributed by atoms with Crippen molar-refractivity contribution in [2.75, 3.05) is 11.4 Å². The highest BCUT2D eigenvalue weighted by atomic mass is 127. The van der Waals surface area contributed by atoms with Crippen molar-refractivity contribution in [2.24, 2.45) is 5.92 Å². The molecule has 0 bridgehead atoms. The number of benzene rings is 1. The van der Waals surface area contributed by atoms with Crippen LogP contribution in [0.3, 0.4) is 0 Å². The smallest absolute Gasteiger partial charge is 0.231 e. The Hall–Kier alpha value is -0.580. The van der Waals surface area contributed by atoms with E-state index < -0.39 is 0 Å². The van der Waals surface area contributed by atoms with Crippen LogP contribution in [0.2, 0.25) is 0 Å². The van der Waals surface area contributed by atoms with Gasteiger partial charge >= 0.3 is 0 Å². The maximum atomic E-state index is 11.8. The number of nitrogens with zero attached hydrogens (tertiary/aromatic N) is 1. The molecule has 2 nitrogen and oxygen atoms in total. The summed E-state index contributed by atoms with van der Waals surface area (Å²) in [7, 11) is 0. The number of hydrogen-bond acceptors (Lipinski definition) is 1. The highest BCUT2D eigenvalue weighted by Crippen LogP contribution is 2.36. The number of rotatable bonds is 2. The highest BCUT2D eigenvalue weighted by molar-refractivity contribution is 14.1. The second-order valence-corrected chi connectivity index (χ2v) is 5.64. The van der Waals surface area contributed by atoms with Crippen LogP contribution in [0, 0.1) is 9.49 Å². The van der Waals surface area contributed by atoms with Crippen LogP contribution < -0.4 is 4.90 Å². The van der Waals surface area contributed by atoms with Gasteiger partial charge < -0.3 is 4.90 Å². The molecule has 0 unspecified atom stereocenters. The summed E-state index contributed by atoms with van der Waals surface area (Å²) < 4.78 is 1.22. The molecule has 0 aromatic heterocycles. The zero-order chi connectivity index (χ0) is 10.4. The SMILES string of the molecule is O=C1Cc2cc(I)ccc2N1CC1CC1. The van der Waals surface area contributed by atoms with Gasteiger partial charge in [0.25, 0.3) is 0 Å². The Morgan fingerprint density at radius 3 is 2.93 bits per heavy atom. The summed E-state index contributed by atoms with van der Waals surface area (Å²) in [5.74, 6) is 1.04. The summed E-state index contributed by atoms with van der Waals surface area (Å²) in [5, 5.41) is 0. The summed E-state index contributed by atoms with van der Waals surface area (Å²) in [6.45, 7) is 0.937. The van der Waals surface area contributed by atoms with Crippen molar-refractivity contribution >= 4 is 34.2 Å². The second-order valence-electron chi connectivity index (χ2n) is 4.40. The van der Waals surface area contributed by atoms with Gasteiger partial charge in [0.15, 0.2) is 0 Å². The molecule has 3 heteroatoms. The van der Waals surface area contributed by atoms with Gasteiger partial charge in [-0.25, -0.2) is 0 Å². The average molecular weight is 313 g/mol. The Kier molecular flexibility index (Phi) is 2.23. The van der Waals surface area contributed by atoms with E-state index in [9.17, 15) is 4.79 Å². The maximum absolute atomic E-state index is 11.8. The maximum Gasteiger partial charge on any atom is 0.231 e. The Bertz CT molecular complexity index is 426. The zero-order valence-electron chi connectivity index (χ0n) is 8.37. The molecule has 1 amide bonds. The summed E-state index contributed by atoms with van der Waals surface area (Å²) in [6, 6.07) is 6.29. The fraction of sp³-hybridized carbons (Fsp3) is 0.417. The third-order valence-electron chi connectivity index (χ3n) is 3.11. The Labute approximate surface area is 103 Å². The van der Waals surface area contributed by atoms with Crippen LogP contribution in [0.4, 0.5) is 5.69 Å². The molecular formula is C12H12INO. The molecule has 0 atom stereocenters. The van der Waals surface area contributed by atoms with Crippen LogP contribution in [-0.4, -0.2) is 12.5 Å². The first-order valence-electron chi connectivity index (χ1n) is 5.33. The predicted octanol–water partition coefficient (Wildman–Crippen LogP) is 2.59. The molecule has 1 aromatic carbocycles. The molecular weight excluding hydrogens is 301 g/mol. The van der Waals surface area contributed by atoms with Gasteiger partial charge in [0, 0.05) is 15.8 Å². The third-order valence-corrected chi connectivity index (χ3v) is 3.78. The lowest BCUT2D eigenvalue weighted by Crippen LogP contribution is -2.28. The van der Waals surface area contributed by atoms with E-state index in [2.05, 4.69) is 40.8 Å². The number of carbonyl (C=O) groups is 1. The van der Waals surface area contributed by atoms with Crippen molar-refractivity contribution in [2.45, 2.75) is 19.3 Å². The fourth-order valence-corrected chi connectivity index (χ4v) is 2.67. The molecule has 0 N–H and O–H groups in total. The summed E-state index contributed by atoms with van der Waals surface area (Å²) in [4.78, 5) is 13.8. The van der Waals surface area contributed by atoms with Crippen LogP contribution >= 0.6 is 22.6 Å². The van der Waals surface area contributed by atoms with Gasteiger partial charge in [0.05, 0.1) is 6.42 Å². The minimum Gasteiger partial charge on any atom is -0.312 e. The fourth-order valence-electron chi connectivity index (χ4n) is 2.11. The Morgan fingerprint density at radius 1 is 1.40 bits per heavy atom. The molecule has 3 rings (SSSR count). The van der Waals surface area contributed by atoms with E-state index in [-0.39, 0.29) is 5.91 Å². The van der Waals surface area contributed by atoms with Crippen molar-refractivity contribution in [3.05, 3.63) is 27.3 Å². The van der Waals surface area contributed by atoms with E-state index in [0.29, 0.717) is 6.42 Å². The van der Waals surface area contributed by atoms with Crippen molar-refractivity contribution in [1.82, 2.24) is 0 Å². The molecule has 78 valence electrons.